The van der Waals surface area contributed by atoms with Gasteiger partial charge in [-0.1, -0.05) is 6.08 Å². The molecule has 2 atom stereocenters. The molecule has 2 nitrogen and oxygen atoms in total. The first-order valence-electron chi connectivity index (χ1n) is 3.61. The van der Waals surface area contributed by atoms with Crippen molar-refractivity contribution in [3.63, 3.8) is 0 Å². The van der Waals surface area contributed by atoms with Crippen LogP contribution in [0.15, 0.2) is 28.5 Å². The van der Waals surface area contributed by atoms with Crippen molar-refractivity contribution < 1.29 is 4.39 Å². The van der Waals surface area contributed by atoms with Gasteiger partial charge in [-0.15, -0.1) is 0 Å². The molecule has 0 fully saturated rings. The summed E-state index contributed by atoms with van der Waals surface area (Å²) in [5.74, 6) is -0.146. The smallest absolute Gasteiger partial charge is 0.124 e. The summed E-state index contributed by atoms with van der Waals surface area (Å²) in [6.45, 7) is 1.77. The van der Waals surface area contributed by atoms with E-state index in [1.165, 1.54) is 0 Å². The lowest BCUT2D eigenvalue weighted by atomic mass is 9.99. The summed E-state index contributed by atoms with van der Waals surface area (Å²) >= 11 is 0. The Morgan fingerprint density at radius 2 is 2.36 bits per heavy atom. The molecule has 0 amide bonds. The highest BCUT2D eigenvalue weighted by Crippen LogP contribution is 2.22. The van der Waals surface area contributed by atoms with Gasteiger partial charge in [0.15, 0.2) is 0 Å². The second-order valence-electron chi connectivity index (χ2n) is 2.83. The largest absolute Gasteiger partial charge is 0.368 e. The van der Waals surface area contributed by atoms with Crippen molar-refractivity contribution in [1.82, 2.24) is 5.32 Å². The molecule has 0 aromatic rings. The molecule has 1 aliphatic heterocycles. The summed E-state index contributed by atoms with van der Waals surface area (Å²) in [6, 6.07) is 0.146. The number of halogens is 1. The summed E-state index contributed by atoms with van der Waals surface area (Å²) in [6.07, 6.45) is 5.05. The SMILES string of the molecule is CC1=CC2NC=NC2C=C1F. The van der Waals surface area contributed by atoms with Gasteiger partial charge in [-0.3, -0.25) is 4.99 Å². The number of nitrogens with one attached hydrogen (secondary N) is 1. The van der Waals surface area contributed by atoms with Gasteiger partial charge in [0.1, 0.15) is 5.83 Å². The molecular weight excluding hydrogens is 143 g/mol. The molecule has 0 spiro atoms. The van der Waals surface area contributed by atoms with Crippen molar-refractivity contribution in [2.45, 2.75) is 19.0 Å². The second-order valence-corrected chi connectivity index (χ2v) is 2.83. The quantitative estimate of drug-likeness (QED) is 0.553. The first-order chi connectivity index (χ1) is 5.27. The van der Waals surface area contributed by atoms with Gasteiger partial charge in [0.25, 0.3) is 0 Å². The molecule has 2 unspecified atom stereocenters. The molecule has 3 heteroatoms. The Kier molecular flexibility index (Phi) is 1.31. The Balaban J connectivity index is 2.31. The normalized spacial score (nSPS) is 34.0. The molecule has 0 aromatic heterocycles. The fourth-order valence-electron chi connectivity index (χ4n) is 1.33. The maximum Gasteiger partial charge on any atom is 0.124 e. The number of rotatable bonds is 0. The molecule has 0 bridgehead atoms. The van der Waals surface area contributed by atoms with Crippen LogP contribution in [0.2, 0.25) is 0 Å². The molecule has 0 saturated heterocycles. The highest BCUT2D eigenvalue weighted by molar-refractivity contribution is 5.61. The Labute approximate surface area is 64.5 Å². The number of hydrogen-bond acceptors (Lipinski definition) is 2. The molecule has 11 heavy (non-hydrogen) atoms. The van der Waals surface area contributed by atoms with Crippen molar-refractivity contribution in [2.24, 2.45) is 4.99 Å². The zero-order valence-electron chi connectivity index (χ0n) is 6.21. The monoisotopic (exact) mass is 152 g/mol. The lowest BCUT2D eigenvalue weighted by Gasteiger charge is -2.17. The maximum atomic E-state index is 12.9. The summed E-state index contributed by atoms with van der Waals surface area (Å²) in [5, 5.41) is 3.03. The molecule has 0 radical (unpaired) electrons. The van der Waals surface area contributed by atoms with Gasteiger partial charge in [-0.2, -0.15) is 0 Å². The number of allylic oxidation sites excluding steroid dienone is 2. The third kappa shape index (κ3) is 0.964. The number of aliphatic imine (C=N–C) groups is 1. The molecule has 0 aromatic carbocycles. The first-order valence-corrected chi connectivity index (χ1v) is 3.61. The molecule has 1 N–H and O–H groups in total. The van der Waals surface area contributed by atoms with Gasteiger partial charge in [0, 0.05) is 0 Å². The van der Waals surface area contributed by atoms with Crippen LogP contribution in [0.1, 0.15) is 6.92 Å². The van der Waals surface area contributed by atoms with Crippen LogP contribution < -0.4 is 5.32 Å². The average molecular weight is 152 g/mol. The Morgan fingerprint density at radius 3 is 3.18 bits per heavy atom. The van der Waals surface area contributed by atoms with Gasteiger partial charge < -0.3 is 5.32 Å². The van der Waals surface area contributed by atoms with Crippen LogP contribution in [0.5, 0.6) is 0 Å². The summed E-state index contributed by atoms with van der Waals surface area (Å²) in [7, 11) is 0. The van der Waals surface area contributed by atoms with E-state index in [2.05, 4.69) is 10.3 Å². The van der Waals surface area contributed by atoms with E-state index in [1.54, 1.807) is 19.3 Å². The molecular formula is C8H9FN2. The van der Waals surface area contributed by atoms with E-state index < -0.39 is 0 Å². The highest BCUT2D eigenvalue weighted by Gasteiger charge is 2.24. The van der Waals surface area contributed by atoms with Gasteiger partial charge in [-0.25, -0.2) is 4.39 Å². The molecule has 2 aliphatic rings. The van der Waals surface area contributed by atoms with E-state index in [0.717, 1.165) is 0 Å². The van der Waals surface area contributed by atoms with E-state index in [-0.39, 0.29) is 17.9 Å². The van der Waals surface area contributed by atoms with Crippen LogP contribution in [-0.2, 0) is 0 Å². The second kappa shape index (κ2) is 2.19. The van der Waals surface area contributed by atoms with Gasteiger partial charge in [0.2, 0.25) is 0 Å². The predicted molar refractivity (Wildman–Crippen MR) is 42.2 cm³/mol. The first kappa shape index (κ1) is 6.58. The van der Waals surface area contributed by atoms with E-state index in [1.807, 2.05) is 6.08 Å². The molecule has 2 rings (SSSR count). The minimum absolute atomic E-state index is 0.0290. The molecule has 0 saturated carbocycles. The van der Waals surface area contributed by atoms with Crippen molar-refractivity contribution in [2.75, 3.05) is 0 Å². The summed E-state index contributed by atoms with van der Waals surface area (Å²) < 4.78 is 12.9. The maximum absolute atomic E-state index is 12.9. The lowest BCUT2D eigenvalue weighted by molar-refractivity contribution is 0.597. The van der Waals surface area contributed by atoms with Crippen LogP contribution >= 0.6 is 0 Å². The predicted octanol–water partition coefficient (Wildman–Crippen LogP) is 1.17. The van der Waals surface area contributed by atoms with Crippen molar-refractivity contribution in [1.29, 1.82) is 0 Å². The minimum Gasteiger partial charge on any atom is -0.368 e. The molecule has 1 aliphatic carbocycles. The fraction of sp³-hybridized carbons (Fsp3) is 0.375. The van der Waals surface area contributed by atoms with Crippen molar-refractivity contribution in [3.05, 3.63) is 23.6 Å². The van der Waals surface area contributed by atoms with Crippen molar-refractivity contribution in [3.8, 4) is 0 Å². The Bertz CT molecular complexity index is 265. The molecule has 58 valence electrons. The third-order valence-electron chi connectivity index (χ3n) is 2.00. The van der Waals surface area contributed by atoms with Crippen LogP contribution in [0.25, 0.3) is 0 Å². The van der Waals surface area contributed by atoms with Gasteiger partial charge in [0.05, 0.1) is 18.4 Å². The summed E-state index contributed by atoms with van der Waals surface area (Å²) in [5.41, 5.74) is 0.698. The standard InChI is InChI=1S/C8H9FN2/c1-5-2-7-8(3-6(5)9)11-4-10-7/h2-4,7-8H,1H3,(H,10,11). The van der Waals surface area contributed by atoms with Gasteiger partial charge >= 0.3 is 0 Å². The zero-order valence-corrected chi connectivity index (χ0v) is 6.21. The zero-order chi connectivity index (χ0) is 7.84. The third-order valence-corrected chi connectivity index (χ3v) is 2.00. The fourth-order valence-corrected chi connectivity index (χ4v) is 1.33. The van der Waals surface area contributed by atoms with Crippen LogP contribution in [0, 0.1) is 0 Å². The van der Waals surface area contributed by atoms with E-state index in [0.29, 0.717) is 5.57 Å². The minimum atomic E-state index is -0.146. The topological polar surface area (TPSA) is 24.4 Å². The number of hydrogen-bond donors (Lipinski definition) is 1. The van der Waals surface area contributed by atoms with Crippen LogP contribution in [-0.4, -0.2) is 18.4 Å². The average Bonchev–Trinajstić information content (AvgIpc) is 2.36. The number of nitrogens with zero attached hydrogens (tertiary/aromatic N) is 1. The number of fused-ring (bicyclic) bond motifs is 1. The highest BCUT2D eigenvalue weighted by atomic mass is 19.1. The van der Waals surface area contributed by atoms with E-state index >= 15 is 0 Å². The molecule has 1 heterocycles. The van der Waals surface area contributed by atoms with Crippen molar-refractivity contribution >= 4 is 6.34 Å². The Morgan fingerprint density at radius 1 is 1.55 bits per heavy atom. The van der Waals surface area contributed by atoms with Crippen LogP contribution in [0.3, 0.4) is 0 Å². The Hall–Kier alpha value is -1.12. The summed E-state index contributed by atoms with van der Waals surface area (Å²) in [4.78, 5) is 4.05. The van der Waals surface area contributed by atoms with E-state index in [9.17, 15) is 4.39 Å². The van der Waals surface area contributed by atoms with Gasteiger partial charge in [-0.05, 0) is 18.6 Å². The lowest BCUT2D eigenvalue weighted by Crippen LogP contribution is -2.30. The van der Waals surface area contributed by atoms with E-state index in [4.69, 9.17) is 0 Å². The van der Waals surface area contributed by atoms with Crippen LogP contribution in [0.4, 0.5) is 4.39 Å².